The van der Waals surface area contributed by atoms with E-state index in [2.05, 4.69) is 27.8 Å². The predicted molar refractivity (Wildman–Crippen MR) is 96.4 cm³/mol. The Bertz CT molecular complexity index is 788. The molecule has 0 aliphatic heterocycles. The third kappa shape index (κ3) is 4.43. The molecule has 1 heterocycles. The van der Waals surface area contributed by atoms with E-state index in [0.717, 1.165) is 17.8 Å². The SMILES string of the molecule is O=C(NCCc1ccccc1)c1cc(Nc2ccccc2)ccn1. The molecule has 0 unspecified atom stereocenters. The van der Waals surface area contributed by atoms with Gasteiger partial charge in [0.2, 0.25) is 0 Å². The lowest BCUT2D eigenvalue weighted by Gasteiger charge is -2.08. The minimum absolute atomic E-state index is 0.164. The predicted octanol–water partition coefficient (Wildman–Crippen LogP) is 3.80. The first-order chi connectivity index (χ1) is 11.8. The quantitative estimate of drug-likeness (QED) is 0.727. The van der Waals surface area contributed by atoms with Crippen molar-refractivity contribution in [2.75, 3.05) is 11.9 Å². The molecule has 0 saturated heterocycles. The van der Waals surface area contributed by atoms with Gasteiger partial charge in [0.05, 0.1) is 0 Å². The highest BCUT2D eigenvalue weighted by Crippen LogP contribution is 2.16. The number of carbonyl (C=O) groups is 1. The Labute approximate surface area is 141 Å². The highest BCUT2D eigenvalue weighted by Gasteiger charge is 2.07. The lowest BCUT2D eigenvalue weighted by atomic mass is 10.1. The summed E-state index contributed by atoms with van der Waals surface area (Å²) in [6.45, 7) is 0.584. The van der Waals surface area contributed by atoms with Crippen molar-refractivity contribution in [3.63, 3.8) is 0 Å². The van der Waals surface area contributed by atoms with E-state index in [9.17, 15) is 4.79 Å². The third-order valence-electron chi connectivity index (χ3n) is 3.60. The van der Waals surface area contributed by atoms with Crippen molar-refractivity contribution >= 4 is 17.3 Å². The first-order valence-corrected chi connectivity index (χ1v) is 7.91. The summed E-state index contributed by atoms with van der Waals surface area (Å²) in [6, 6.07) is 23.5. The zero-order valence-corrected chi connectivity index (χ0v) is 13.3. The summed E-state index contributed by atoms with van der Waals surface area (Å²) < 4.78 is 0. The first kappa shape index (κ1) is 15.7. The highest BCUT2D eigenvalue weighted by molar-refractivity contribution is 5.93. The van der Waals surface area contributed by atoms with E-state index in [4.69, 9.17) is 0 Å². The molecule has 0 aliphatic rings. The van der Waals surface area contributed by atoms with E-state index in [1.54, 1.807) is 12.3 Å². The van der Waals surface area contributed by atoms with Crippen LogP contribution in [0.25, 0.3) is 0 Å². The van der Waals surface area contributed by atoms with Gasteiger partial charge in [-0.25, -0.2) is 0 Å². The zero-order chi connectivity index (χ0) is 16.6. The van der Waals surface area contributed by atoms with Crippen LogP contribution in [-0.4, -0.2) is 17.4 Å². The van der Waals surface area contributed by atoms with E-state index in [1.807, 2.05) is 54.6 Å². The smallest absolute Gasteiger partial charge is 0.269 e. The van der Waals surface area contributed by atoms with Gasteiger partial charge in [-0.1, -0.05) is 48.5 Å². The average molecular weight is 317 g/mol. The van der Waals surface area contributed by atoms with Gasteiger partial charge in [-0.05, 0) is 36.2 Å². The van der Waals surface area contributed by atoms with Crippen molar-refractivity contribution in [1.29, 1.82) is 0 Å². The monoisotopic (exact) mass is 317 g/mol. The Kier molecular flexibility index (Phi) is 5.20. The minimum Gasteiger partial charge on any atom is -0.355 e. The number of para-hydroxylation sites is 1. The highest BCUT2D eigenvalue weighted by atomic mass is 16.1. The van der Waals surface area contributed by atoms with Crippen LogP contribution in [0.4, 0.5) is 11.4 Å². The number of anilines is 2. The van der Waals surface area contributed by atoms with Gasteiger partial charge in [-0.15, -0.1) is 0 Å². The van der Waals surface area contributed by atoms with Crippen LogP contribution in [-0.2, 0) is 6.42 Å². The Morgan fingerprint density at radius 3 is 2.33 bits per heavy atom. The van der Waals surface area contributed by atoms with Crippen LogP contribution >= 0.6 is 0 Å². The van der Waals surface area contributed by atoms with Crippen molar-refractivity contribution in [3.05, 3.63) is 90.3 Å². The molecule has 2 N–H and O–H groups in total. The molecule has 0 spiro atoms. The Balaban J connectivity index is 1.58. The first-order valence-electron chi connectivity index (χ1n) is 7.91. The summed E-state index contributed by atoms with van der Waals surface area (Å²) in [4.78, 5) is 16.4. The molecule has 1 aromatic heterocycles. The molecule has 120 valence electrons. The van der Waals surface area contributed by atoms with E-state index >= 15 is 0 Å². The molecule has 2 aromatic carbocycles. The maximum Gasteiger partial charge on any atom is 0.269 e. The van der Waals surface area contributed by atoms with Crippen molar-refractivity contribution in [2.24, 2.45) is 0 Å². The van der Waals surface area contributed by atoms with Gasteiger partial charge in [0.15, 0.2) is 0 Å². The van der Waals surface area contributed by atoms with E-state index < -0.39 is 0 Å². The molecular weight excluding hydrogens is 298 g/mol. The molecule has 3 rings (SSSR count). The summed E-state index contributed by atoms with van der Waals surface area (Å²) >= 11 is 0. The number of pyridine rings is 1. The summed E-state index contributed by atoms with van der Waals surface area (Å²) in [5.41, 5.74) is 3.41. The Hall–Kier alpha value is -3.14. The lowest BCUT2D eigenvalue weighted by Crippen LogP contribution is -2.26. The maximum atomic E-state index is 12.2. The number of rotatable bonds is 6. The van der Waals surface area contributed by atoms with Gasteiger partial charge in [-0.3, -0.25) is 9.78 Å². The number of nitrogens with one attached hydrogen (secondary N) is 2. The van der Waals surface area contributed by atoms with Gasteiger partial charge in [0.25, 0.3) is 5.91 Å². The number of amides is 1. The summed E-state index contributed by atoms with van der Waals surface area (Å²) in [7, 11) is 0. The molecule has 0 atom stereocenters. The molecule has 4 nitrogen and oxygen atoms in total. The molecular formula is C20H19N3O. The van der Waals surface area contributed by atoms with Crippen molar-refractivity contribution in [1.82, 2.24) is 10.3 Å². The molecule has 1 amide bonds. The van der Waals surface area contributed by atoms with Gasteiger partial charge in [0.1, 0.15) is 5.69 Å². The second-order valence-electron chi connectivity index (χ2n) is 5.41. The van der Waals surface area contributed by atoms with Crippen LogP contribution in [0.5, 0.6) is 0 Å². The number of hydrogen-bond acceptors (Lipinski definition) is 3. The second kappa shape index (κ2) is 7.92. The summed E-state index contributed by atoms with van der Waals surface area (Å²) in [5, 5.41) is 6.17. The lowest BCUT2D eigenvalue weighted by molar-refractivity contribution is 0.0949. The third-order valence-corrected chi connectivity index (χ3v) is 3.60. The van der Waals surface area contributed by atoms with Crippen molar-refractivity contribution in [3.8, 4) is 0 Å². The van der Waals surface area contributed by atoms with Crippen LogP contribution in [0.3, 0.4) is 0 Å². The van der Waals surface area contributed by atoms with Gasteiger partial charge >= 0.3 is 0 Å². The zero-order valence-electron chi connectivity index (χ0n) is 13.3. The maximum absolute atomic E-state index is 12.2. The van der Waals surface area contributed by atoms with Crippen LogP contribution in [0.1, 0.15) is 16.1 Å². The average Bonchev–Trinajstić information content (AvgIpc) is 2.64. The summed E-state index contributed by atoms with van der Waals surface area (Å²) in [5.74, 6) is -0.164. The van der Waals surface area contributed by atoms with Crippen LogP contribution in [0.15, 0.2) is 79.0 Å². The van der Waals surface area contributed by atoms with Crippen LogP contribution < -0.4 is 10.6 Å². The van der Waals surface area contributed by atoms with Crippen LogP contribution in [0, 0.1) is 0 Å². The topological polar surface area (TPSA) is 54.0 Å². The molecule has 0 fully saturated rings. The number of aromatic nitrogens is 1. The molecule has 0 saturated carbocycles. The molecule has 0 bridgehead atoms. The molecule has 0 aliphatic carbocycles. The van der Waals surface area contributed by atoms with E-state index in [1.165, 1.54) is 5.56 Å². The molecule has 3 aromatic rings. The normalized spacial score (nSPS) is 10.2. The fraction of sp³-hybridized carbons (Fsp3) is 0.100. The molecule has 0 radical (unpaired) electrons. The largest absolute Gasteiger partial charge is 0.355 e. The molecule has 4 heteroatoms. The van der Waals surface area contributed by atoms with E-state index in [0.29, 0.717) is 12.2 Å². The fourth-order valence-electron chi connectivity index (χ4n) is 2.38. The van der Waals surface area contributed by atoms with Crippen molar-refractivity contribution in [2.45, 2.75) is 6.42 Å². The Morgan fingerprint density at radius 2 is 1.58 bits per heavy atom. The standard InChI is InChI=1S/C20H19N3O/c24-20(22-13-11-16-7-3-1-4-8-16)19-15-18(12-14-21-19)23-17-9-5-2-6-10-17/h1-10,12,14-15H,11,13H2,(H,21,23)(H,22,24). The number of benzene rings is 2. The number of carbonyl (C=O) groups excluding carboxylic acids is 1. The fourth-order valence-corrected chi connectivity index (χ4v) is 2.38. The number of hydrogen-bond donors (Lipinski definition) is 2. The van der Waals surface area contributed by atoms with Gasteiger partial charge in [-0.2, -0.15) is 0 Å². The Morgan fingerprint density at radius 1 is 0.875 bits per heavy atom. The van der Waals surface area contributed by atoms with Gasteiger partial charge < -0.3 is 10.6 Å². The number of nitrogens with zero attached hydrogens (tertiary/aromatic N) is 1. The van der Waals surface area contributed by atoms with Crippen molar-refractivity contribution < 1.29 is 4.79 Å². The molecule has 24 heavy (non-hydrogen) atoms. The second-order valence-corrected chi connectivity index (χ2v) is 5.41. The van der Waals surface area contributed by atoms with Crippen LogP contribution in [0.2, 0.25) is 0 Å². The van der Waals surface area contributed by atoms with E-state index in [-0.39, 0.29) is 5.91 Å². The van der Waals surface area contributed by atoms with Gasteiger partial charge in [0, 0.05) is 24.1 Å². The summed E-state index contributed by atoms with van der Waals surface area (Å²) in [6.07, 6.45) is 2.44. The minimum atomic E-state index is -0.164.